The van der Waals surface area contributed by atoms with Crippen molar-refractivity contribution in [2.24, 2.45) is 18.9 Å². The summed E-state index contributed by atoms with van der Waals surface area (Å²) in [5.74, 6) is -2.04. The van der Waals surface area contributed by atoms with Gasteiger partial charge in [0.1, 0.15) is 17.3 Å². The molecule has 2 N–H and O–H groups in total. The number of amides is 1. The summed E-state index contributed by atoms with van der Waals surface area (Å²) in [5, 5.41) is 17.3. The maximum atomic E-state index is 15.2. The van der Waals surface area contributed by atoms with E-state index in [9.17, 15) is 19.5 Å². The van der Waals surface area contributed by atoms with Crippen LogP contribution in [0.25, 0.3) is 27.6 Å². The minimum Gasteiger partial charge on any atom is -0.392 e. The number of allylic oxidation sites excluding steroid dienone is 1. The van der Waals surface area contributed by atoms with Crippen molar-refractivity contribution < 1.29 is 18.7 Å². The summed E-state index contributed by atoms with van der Waals surface area (Å²) in [6.07, 6.45) is 5.10. The Morgan fingerprint density at radius 2 is 1.90 bits per heavy atom. The van der Waals surface area contributed by atoms with Crippen molar-refractivity contribution in [1.29, 1.82) is 0 Å². The number of anilines is 1. The Morgan fingerprint density at radius 1 is 1.17 bits per heavy atom. The predicted molar refractivity (Wildman–Crippen MR) is 153 cm³/mol. The van der Waals surface area contributed by atoms with Crippen molar-refractivity contribution in [3.8, 4) is 16.8 Å². The second-order valence-corrected chi connectivity index (χ2v) is 11.4. The zero-order valence-corrected chi connectivity index (χ0v) is 23.2. The van der Waals surface area contributed by atoms with Gasteiger partial charge in [0.05, 0.1) is 23.9 Å². The van der Waals surface area contributed by atoms with Gasteiger partial charge in [-0.25, -0.2) is 8.78 Å². The lowest BCUT2D eigenvalue weighted by molar-refractivity contribution is -0.117. The van der Waals surface area contributed by atoms with E-state index in [1.165, 1.54) is 36.1 Å². The molecular formula is C31H30F2N4O4. The standard InChI is InChI=1S/C31H30F2N4O4/c1-6-16-8-22(16)28(39)35-25-9-18(14-36(5)29(25)40)21-11-20(32)12-26(23(21)15-38)37-30(41)27-17(13-34-37)7-19(10-24(27)33)31(2,3)4/h6-7,9-14,16,22,38H,1,8,15H2,2-5H3,(H,35,39)/t16-,22+/m1/s1. The molecule has 1 saturated carbocycles. The van der Waals surface area contributed by atoms with Crippen LogP contribution in [0.4, 0.5) is 14.5 Å². The molecule has 0 unspecified atom stereocenters. The first kappa shape index (κ1) is 28.1. The van der Waals surface area contributed by atoms with Crippen LogP contribution in [0.2, 0.25) is 0 Å². The highest BCUT2D eigenvalue weighted by molar-refractivity contribution is 5.95. The van der Waals surface area contributed by atoms with Crippen LogP contribution in [0.3, 0.4) is 0 Å². The number of pyridine rings is 1. The Balaban J connectivity index is 1.65. The zero-order chi connectivity index (χ0) is 29.8. The van der Waals surface area contributed by atoms with Crippen molar-refractivity contribution in [3.63, 3.8) is 0 Å². The Labute approximate surface area is 234 Å². The molecule has 41 heavy (non-hydrogen) atoms. The molecule has 1 fully saturated rings. The fraction of sp³-hybridized carbons (Fsp3) is 0.290. The molecule has 2 atom stereocenters. The van der Waals surface area contributed by atoms with E-state index in [1.54, 1.807) is 12.1 Å². The summed E-state index contributed by atoms with van der Waals surface area (Å²) in [4.78, 5) is 38.9. The molecule has 2 heterocycles. The van der Waals surface area contributed by atoms with Crippen LogP contribution in [0, 0.1) is 23.5 Å². The van der Waals surface area contributed by atoms with E-state index in [0.717, 1.165) is 16.8 Å². The third-order valence-electron chi connectivity index (χ3n) is 7.51. The number of aryl methyl sites for hydroxylation is 1. The fourth-order valence-corrected chi connectivity index (χ4v) is 5.02. The first-order valence-electron chi connectivity index (χ1n) is 13.1. The summed E-state index contributed by atoms with van der Waals surface area (Å²) in [5.41, 5.74) is -0.483. The number of nitrogens with one attached hydrogen (secondary N) is 1. The van der Waals surface area contributed by atoms with Gasteiger partial charge in [-0.05, 0) is 53.1 Å². The molecule has 5 rings (SSSR count). The van der Waals surface area contributed by atoms with Crippen LogP contribution >= 0.6 is 0 Å². The van der Waals surface area contributed by atoms with Gasteiger partial charge in [-0.2, -0.15) is 9.78 Å². The zero-order valence-electron chi connectivity index (χ0n) is 23.2. The van der Waals surface area contributed by atoms with Crippen molar-refractivity contribution >= 4 is 22.4 Å². The number of nitrogens with zero attached hydrogens (tertiary/aromatic N) is 3. The maximum Gasteiger partial charge on any atom is 0.282 e. The van der Waals surface area contributed by atoms with Crippen molar-refractivity contribution in [1.82, 2.24) is 14.3 Å². The first-order valence-corrected chi connectivity index (χ1v) is 13.1. The molecule has 0 bridgehead atoms. The fourth-order valence-electron chi connectivity index (χ4n) is 5.02. The average molecular weight is 561 g/mol. The van der Waals surface area contributed by atoms with Crippen LogP contribution in [0.15, 0.2) is 65.0 Å². The number of halogens is 2. The van der Waals surface area contributed by atoms with Gasteiger partial charge >= 0.3 is 0 Å². The third-order valence-corrected chi connectivity index (χ3v) is 7.51. The van der Waals surface area contributed by atoms with E-state index in [2.05, 4.69) is 17.0 Å². The van der Waals surface area contributed by atoms with Gasteiger partial charge in [0.15, 0.2) is 0 Å². The average Bonchev–Trinajstić information content (AvgIpc) is 3.70. The maximum absolute atomic E-state index is 15.2. The molecule has 1 amide bonds. The number of hydrogen-bond donors (Lipinski definition) is 2. The minimum atomic E-state index is -0.818. The van der Waals surface area contributed by atoms with E-state index >= 15 is 8.78 Å². The molecule has 1 aliphatic carbocycles. The number of rotatable bonds is 6. The molecule has 2 aromatic carbocycles. The second kappa shape index (κ2) is 10.2. The van der Waals surface area contributed by atoms with E-state index in [0.29, 0.717) is 22.9 Å². The molecule has 212 valence electrons. The Hall–Kier alpha value is -4.44. The van der Waals surface area contributed by atoms with E-state index in [1.807, 2.05) is 20.8 Å². The van der Waals surface area contributed by atoms with Gasteiger partial charge in [-0.15, -0.1) is 6.58 Å². The molecule has 0 radical (unpaired) electrons. The van der Waals surface area contributed by atoms with Crippen LogP contribution in [0.1, 0.15) is 38.3 Å². The Morgan fingerprint density at radius 3 is 2.54 bits per heavy atom. The molecule has 0 spiro atoms. The summed E-state index contributed by atoms with van der Waals surface area (Å²) in [7, 11) is 1.48. The normalized spacial score (nSPS) is 16.6. The molecule has 1 aliphatic rings. The lowest BCUT2D eigenvalue weighted by atomic mass is 9.86. The number of aromatic nitrogens is 3. The van der Waals surface area contributed by atoms with Crippen LogP contribution in [0.5, 0.6) is 0 Å². The lowest BCUT2D eigenvalue weighted by Gasteiger charge is -2.20. The van der Waals surface area contributed by atoms with Gasteiger partial charge in [-0.3, -0.25) is 14.4 Å². The molecular weight excluding hydrogens is 530 g/mol. The predicted octanol–water partition coefficient (Wildman–Crippen LogP) is 4.58. The summed E-state index contributed by atoms with van der Waals surface area (Å²) in [6.45, 7) is 8.83. The van der Waals surface area contributed by atoms with E-state index in [-0.39, 0.29) is 51.0 Å². The van der Waals surface area contributed by atoms with Crippen molar-refractivity contribution in [2.45, 2.75) is 39.2 Å². The summed E-state index contributed by atoms with van der Waals surface area (Å²) < 4.78 is 32.4. The van der Waals surface area contributed by atoms with Crippen molar-refractivity contribution in [3.05, 3.63) is 98.8 Å². The number of aliphatic hydroxyl groups excluding tert-OH is 1. The van der Waals surface area contributed by atoms with E-state index < -0.39 is 29.4 Å². The summed E-state index contributed by atoms with van der Waals surface area (Å²) in [6, 6.07) is 6.58. The first-order chi connectivity index (χ1) is 19.3. The number of benzene rings is 2. The van der Waals surface area contributed by atoms with Gasteiger partial charge in [0.2, 0.25) is 5.91 Å². The third kappa shape index (κ3) is 5.11. The molecule has 0 saturated heterocycles. The van der Waals surface area contributed by atoms with Crippen LogP contribution < -0.4 is 16.4 Å². The lowest BCUT2D eigenvalue weighted by Crippen LogP contribution is -2.25. The monoisotopic (exact) mass is 560 g/mol. The molecule has 4 aromatic rings. The van der Waals surface area contributed by atoms with E-state index in [4.69, 9.17) is 0 Å². The highest BCUT2D eigenvalue weighted by atomic mass is 19.1. The van der Waals surface area contributed by atoms with Gasteiger partial charge in [-0.1, -0.05) is 26.8 Å². The number of aliphatic hydroxyl groups is 1. The number of carbonyl (C=O) groups is 1. The Kier molecular flexibility index (Phi) is 6.98. The van der Waals surface area contributed by atoms with Crippen molar-refractivity contribution in [2.75, 3.05) is 5.32 Å². The molecule has 8 nitrogen and oxygen atoms in total. The molecule has 0 aliphatic heterocycles. The minimum absolute atomic E-state index is 0.0165. The Bertz CT molecular complexity index is 1850. The highest BCUT2D eigenvalue weighted by Crippen LogP contribution is 2.40. The number of carbonyl (C=O) groups excluding carboxylic acids is 1. The highest BCUT2D eigenvalue weighted by Gasteiger charge is 2.40. The quantitative estimate of drug-likeness (QED) is 0.336. The topological polar surface area (TPSA) is 106 Å². The summed E-state index contributed by atoms with van der Waals surface area (Å²) >= 11 is 0. The SMILES string of the molecule is C=C[C@@H]1C[C@@H]1C(=O)Nc1cc(-c2cc(F)cc(-n3ncc4cc(C(C)(C)C)cc(F)c4c3=O)c2CO)cn(C)c1=O. The van der Waals surface area contributed by atoms with Crippen LogP contribution in [-0.2, 0) is 23.9 Å². The van der Waals surface area contributed by atoms with Gasteiger partial charge in [0, 0.05) is 41.7 Å². The molecule has 10 heteroatoms. The van der Waals surface area contributed by atoms with Gasteiger partial charge in [0.25, 0.3) is 11.1 Å². The number of fused-ring (bicyclic) bond motifs is 1. The second-order valence-electron chi connectivity index (χ2n) is 11.4. The van der Waals surface area contributed by atoms with Crippen LogP contribution in [-0.4, -0.2) is 25.4 Å². The number of hydrogen-bond acceptors (Lipinski definition) is 5. The largest absolute Gasteiger partial charge is 0.392 e. The molecule has 2 aromatic heterocycles. The smallest absolute Gasteiger partial charge is 0.282 e. The van der Waals surface area contributed by atoms with Gasteiger partial charge < -0.3 is 15.0 Å².